The van der Waals surface area contributed by atoms with Gasteiger partial charge in [-0.25, -0.2) is 0 Å². The number of methoxy groups -OCH3 is 3. The summed E-state index contributed by atoms with van der Waals surface area (Å²) in [5.74, 6) is 1.82. The number of hydrogen-bond donors (Lipinski definition) is 0. The lowest BCUT2D eigenvalue weighted by Gasteiger charge is -2.20. The molecule has 0 aliphatic carbocycles. The highest BCUT2D eigenvalue weighted by atomic mass is 35.5. The molecule has 0 aliphatic rings. The van der Waals surface area contributed by atoms with Crippen LogP contribution in [-0.4, -0.2) is 27.1 Å². The molecule has 2 aromatic carbocycles. The summed E-state index contributed by atoms with van der Waals surface area (Å²) in [5.41, 5.74) is 0.874. The Kier molecular flexibility index (Phi) is 7.12. The molecule has 152 valence electrons. The number of hydrogen-bond acceptors (Lipinski definition) is 6. The van der Waals surface area contributed by atoms with Crippen LogP contribution in [-0.2, 0) is 0 Å². The maximum absolute atomic E-state index is 12.8. The third-order valence-corrected chi connectivity index (χ3v) is 5.84. The van der Waals surface area contributed by atoms with Crippen molar-refractivity contribution in [2.24, 2.45) is 0 Å². The lowest BCUT2D eigenvalue weighted by atomic mass is 10.0. The number of halogens is 1. The fourth-order valence-electron chi connectivity index (χ4n) is 2.90. The Balaban J connectivity index is 1.99. The largest absolute Gasteiger partial charge is 0.493 e. The summed E-state index contributed by atoms with van der Waals surface area (Å²) in [7, 11) is 4.69. The molecule has 1 aromatic heterocycles. The third-order valence-electron chi connectivity index (χ3n) is 4.32. The zero-order valence-corrected chi connectivity index (χ0v) is 17.9. The summed E-state index contributed by atoms with van der Waals surface area (Å²) in [6.07, 6.45) is 1.73. The van der Waals surface area contributed by atoms with Crippen molar-refractivity contribution < 1.29 is 23.4 Å². The van der Waals surface area contributed by atoms with Gasteiger partial charge in [0.25, 0.3) is 0 Å². The summed E-state index contributed by atoms with van der Waals surface area (Å²) < 4.78 is 21.6. The lowest BCUT2D eigenvalue weighted by Crippen LogP contribution is -2.06. The summed E-state index contributed by atoms with van der Waals surface area (Å²) >= 11 is 7.56. The zero-order valence-electron chi connectivity index (χ0n) is 16.3. The highest BCUT2D eigenvalue weighted by Crippen LogP contribution is 2.45. The van der Waals surface area contributed by atoms with Gasteiger partial charge in [-0.2, -0.15) is 0 Å². The number of carbonyl (C=O) groups excluding carboxylic acids is 1. The van der Waals surface area contributed by atoms with Crippen molar-refractivity contribution in [3.8, 4) is 17.2 Å². The van der Waals surface area contributed by atoms with Gasteiger partial charge >= 0.3 is 0 Å². The standard InChI is InChI=1S/C22H21ClO5S/c1-25-19-11-14(12-20(26-2)22(19)27-3)21(13-17(24)18-5-4-10-28-18)29-16-8-6-15(23)7-9-16/h4-12,21H,13H2,1-3H3/t21-/m1/s1. The fraction of sp³-hybridized carbons (Fsp3) is 0.227. The number of Topliss-reactive ketones (excluding diaryl/α,β-unsaturated/α-hetero) is 1. The molecular formula is C22H21ClO5S. The Hall–Kier alpha value is -2.57. The van der Waals surface area contributed by atoms with Crippen LogP contribution in [0.4, 0.5) is 0 Å². The van der Waals surface area contributed by atoms with Crippen molar-refractivity contribution in [3.63, 3.8) is 0 Å². The van der Waals surface area contributed by atoms with E-state index >= 15 is 0 Å². The topological polar surface area (TPSA) is 57.9 Å². The number of carbonyl (C=O) groups is 1. The van der Waals surface area contributed by atoms with Gasteiger partial charge in [0.2, 0.25) is 5.75 Å². The van der Waals surface area contributed by atoms with Crippen LogP contribution in [0.25, 0.3) is 0 Å². The van der Waals surface area contributed by atoms with Gasteiger partial charge in [0.05, 0.1) is 27.6 Å². The molecular weight excluding hydrogens is 412 g/mol. The van der Waals surface area contributed by atoms with E-state index < -0.39 is 0 Å². The van der Waals surface area contributed by atoms with Crippen molar-refractivity contribution in [1.82, 2.24) is 0 Å². The van der Waals surface area contributed by atoms with Gasteiger partial charge in [0.15, 0.2) is 23.0 Å². The number of ether oxygens (including phenoxy) is 3. The van der Waals surface area contributed by atoms with Crippen LogP contribution < -0.4 is 14.2 Å². The molecule has 3 rings (SSSR count). The van der Waals surface area contributed by atoms with Crippen molar-refractivity contribution >= 4 is 29.1 Å². The molecule has 7 heteroatoms. The number of rotatable bonds is 9. The predicted molar refractivity (Wildman–Crippen MR) is 114 cm³/mol. The fourth-order valence-corrected chi connectivity index (χ4v) is 4.15. The van der Waals surface area contributed by atoms with E-state index in [2.05, 4.69) is 0 Å². The van der Waals surface area contributed by atoms with Crippen LogP contribution in [0.1, 0.15) is 27.8 Å². The van der Waals surface area contributed by atoms with Gasteiger partial charge in [0.1, 0.15) is 0 Å². The van der Waals surface area contributed by atoms with Gasteiger partial charge in [-0.15, -0.1) is 11.8 Å². The first-order chi connectivity index (χ1) is 14.0. The van der Waals surface area contributed by atoms with Crippen molar-refractivity contribution in [3.05, 3.63) is 71.1 Å². The van der Waals surface area contributed by atoms with Crippen LogP contribution in [0.5, 0.6) is 17.2 Å². The first-order valence-electron chi connectivity index (χ1n) is 8.84. The monoisotopic (exact) mass is 432 g/mol. The average molecular weight is 433 g/mol. The van der Waals surface area contributed by atoms with Crippen LogP contribution in [0, 0.1) is 0 Å². The van der Waals surface area contributed by atoms with Gasteiger partial charge in [0, 0.05) is 21.6 Å². The Morgan fingerprint density at radius 2 is 1.69 bits per heavy atom. The Morgan fingerprint density at radius 1 is 1.03 bits per heavy atom. The number of furan rings is 1. The minimum atomic E-state index is -0.206. The first kappa shape index (κ1) is 21.1. The third kappa shape index (κ3) is 5.08. The molecule has 0 spiro atoms. The first-order valence-corrected chi connectivity index (χ1v) is 10.1. The van der Waals surface area contributed by atoms with E-state index in [-0.39, 0.29) is 17.5 Å². The molecule has 1 atom stereocenters. The molecule has 0 saturated heterocycles. The molecule has 1 heterocycles. The summed E-state index contributed by atoms with van der Waals surface area (Å²) in [6, 6.07) is 14.6. The molecule has 0 fully saturated rings. The minimum Gasteiger partial charge on any atom is -0.493 e. The summed E-state index contributed by atoms with van der Waals surface area (Å²) in [6.45, 7) is 0. The molecule has 29 heavy (non-hydrogen) atoms. The van der Waals surface area contributed by atoms with E-state index in [0.717, 1.165) is 10.5 Å². The van der Waals surface area contributed by atoms with Gasteiger partial charge in [-0.1, -0.05) is 11.6 Å². The molecule has 0 radical (unpaired) electrons. The molecule has 0 unspecified atom stereocenters. The predicted octanol–water partition coefficient (Wildman–Crippen LogP) is 6.07. The Labute approximate surface area is 178 Å². The second kappa shape index (κ2) is 9.76. The maximum Gasteiger partial charge on any atom is 0.203 e. The van der Waals surface area contributed by atoms with Gasteiger partial charge in [-0.3, -0.25) is 4.79 Å². The maximum atomic E-state index is 12.8. The number of benzene rings is 2. The van der Waals surface area contributed by atoms with E-state index in [1.807, 2.05) is 36.4 Å². The highest BCUT2D eigenvalue weighted by Gasteiger charge is 2.24. The number of ketones is 1. The smallest absolute Gasteiger partial charge is 0.203 e. The van der Waals surface area contributed by atoms with E-state index in [4.69, 9.17) is 30.2 Å². The van der Waals surface area contributed by atoms with Gasteiger partial charge < -0.3 is 18.6 Å². The summed E-state index contributed by atoms with van der Waals surface area (Å²) in [5, 5.41) is 0.452. The SMILES string of the molecule is COc1cc([C@@H](CC(=O)c2ccco2)Sc2ccc(Cl)cc2)cc(OC)c1OC. The second-order valence-corrected chi connectivity index (χ2v) is 7.84. The van der Waals surface area contributed by atoms with Crippen LogP contribution in [0.2, 0.25) is 5.02 Å². The van der Waals surface area contributed by atoms with E-state index in [1.165, 1.54) is 6.26 Å². The van der Waals surface area contributed by atoms with Crippen molar-refractivity contribution in [1.29, 1.82) is 0 Å². The zero-order chi connectivity index (χ0) is 20.8. The quantitative estimate of drug-likeness (QED) is 0.302. The van der Waals surface area contributed by atoms with Crippen molar-refractivity contribution in [2.45, 2.75) is 16.6 Å². The Bertz CT molecular complexity index is 929. The second-order valence-electron chi connectivity index (χ2n) is 6.12. The van der Waals surface area contributed by atoms with Crippen molar-refractivity contribution in [2.75, 3.05) is 21.3 Å². The molecule has 0 N–H and O–H groups in total. The lowest BCUT2D eigenvalue weighted by molar-refractivity contribution is 0.0955. The molecule has 0 bridgehead atoms. The molecule has 3 aromatic rings. The molecule has 5 nitrogen and oxygen atoms in total. The van der Waals surface area contributed by atoms with Crippen LogP contribution in [0.15, 0.2) is 64.1 Å². The molecule has 0 amide bonds. The van der Waals surface area contributed by atoms with E-state index in [1.54, 1.807) is 45.2 Å². The Morgan fingerprint density at radius 3 is 2.21 bits per heavy atom. The van der Waals surface area contributed by atoms with Gasteiger partial charge in [-0.05, 0) is 54.1 Å². The summed E-state index contributed by atoms with van der Waals surface area (Å²) in [4.78, 5) is 13.7. The van der Waals surface area contributed by atoms with E-state index in [9.17, 15) is 4.79 Å². The molecule has 0 aliphatic heterocycles. The molecule has 0 saturated carbocycles. The normalized spacial score (nSPS) is 11.7. The van der Waals surface area contributed by atoms with Crippen LogP contribution >= 0.6 is 23.4 Å². The highest BCUT2D eigenvalue weighted by molar-refractivity contribution is 7.99. The number of thioether (sulfide) groups is 1. The van der Waals surface area contributed by atoms with Crippen LogP contribution in [0.3, 0.4) is 0 Å². The average Bonchev–Trinajstić information content (AvgIpc) is 3.28. The minimum absolute atomic E-state index is 0.0878. The van der Waals surface area contributed by atoms with E-state index in [0.29, 0.717) is 28.0 Å².